The molecule has 1 fully saturated rings. The van der Waals surface area contributed by atoms with Crippen molar-refractivity contribution >= 4 is 43.2 Å². The average Bonchev–Trinajstić information content (AvgIpc) is 3.32. The maximum atomic E-state index is 4.88. The zero-order valence-corrected chi connectivity index (χ0v) is 21.5. The van der Waals surface area contributed by atoms with Crippen LogP contribution in [0.25, 0.3) is 0 Å². The highest BCUT2D eigenvalue weighted by molar-refractivity contribution is 7.03. The molecule has 0 atom stereocenters. The third-order valence-corrected chi connectivity index (χ3v) is 8.09. The van der Waals surface area contributed by atoms with Crippen LogP contribution in [0.4, 0.5) is 11.4 Å². The molecule has 172 valence electrons. The minimum atomic E-state index is 0.0698. The highest BCUT2D eigenvalue weighted by Crippen LogP contribution is 2.42. The first-order chi connectivity index (χ1) is 16.9. The Hall–Kier alpha value is -3.09. The Balaban J connectivity index is 1.65. The summed E-state index contributed by atoms with van der Waals surface area (Å²) in [5.41, 5.74) is 11.8. The van der Waals surface area contributed by atoms with Crippen LogP contribution in [-0.4, -0.2) is 55.7 Å². The maximum absolute atomic E-state index is 4.88. The van der Waals surface area contributed by atoms with Gasteiger partial charge in [-0.15, -0.1) is 0 Å². The van der Waals surface area contributed by atoms with Crippen molar-refractivity contribution in [3.8, 4) is 0 Å². The van der Waals surface area contributed by atoms with Gasteiger partial charge in [-0.3, -0.25) is 0 Å². The van der Waals surface area contributed by atoms with Crippen molar-refractivity contribution in [2.75, 3.05) is 25.4 Å². The number of aryl methyl sites for hydroxylation is 4. The maximum Gasteiger partial charge on any atom is 0.439 e. The fourth-order valence-corrected chi connectivity index (χ4v) is 6.59. The van der Waals surface area contributed by atoms with Gasteiger partial charge in [0.15, 0.2) is 0 Å². The molecule has 0 spiro atoms. The van der Waals surface area contributed by atoms with Crippen molar-refractivity contribution in [1.29, 1.82) is 0 Å². The van der Waals surface area contributed by atoms with Gasteiger partial charge >= 0.3 is 20.9 Å². The molecule has 0 unspecified atom stereocenters. The number of fused-ring (bicyclic) bond motifs is 6. The van der Waals surface area contributed by atoms with E-state index >= 15 is 0 Å². The molecule has 3 aromatic carbocycles. The molecule has 3 heterocycles. The normalized spacial score (nSPS) is 17.8. The van der Waals surface area contributed by atoms with E-state index in [1.54, 1.807) is 0 Å². The Morgan fingerprint density at radius 3 is 1.86 bits per heavy atom. The van der Waals surface area contributed by atoms with Gasteiger partial charge in [-0.25, -0.2) is 0 Å². The molecule has 0 bridgehead atoms. The molecule has 0 saturated carbocycles. The highest BCUT2D eigenvalue weighted by atomic mass is 15.4. The lowest BCUT2D eigenvalue weighted by Crippen LogP contribution is -2.83. The van der Waals surface area contributed by atoms with Crippen molar-refractivity contribution in [3.63, 3.8) is 0 Å². The minimum absolute atomic E-state index is 0.0698. The predicted octanol–water partition coefficient (Wildman–Crippen LogP) is 3.43. The molecular weight excluding hydrogens is 427 g/mol. The molecule has 35 heavy (non-hydrogen) atoms. The second-order valence-electron chi connectivity index (χ2n) is 10.2. The van der Waals surface area contributed by atoms with E-state index in [1.165, 1.54) is 44.5 Å². The quantitative estimate of drug-likeness (QED) is 0.435. The smallest absolute Gasteiger partial charge is 0.416 e. The summed E-state index contributed by atoms with van der Waals surface area (Å²) in [6, 6.07) is 22.1. The van der Waals surface area contributed by atoms with E-state index in [9.17, 15) is 0 Å². The molecular formula is C27H31B3N5+. The number of azo groups is 2. The van der Waals surface area contributed by atoms with E-state index in [4.69, 9.17) is 5.11 Å². The Bertz CT molecular complexity index is 1360. The van der Waals surface area contributed by atoms with E-state index < -0.39 is 0 Å². The summed E-state index contributed by atoms with van der Waals surface area (Å²) < 4.78 is 9.91. The Morgan fingerprint density at radius 2 is 1.23 bits per heavy atom. The second kappa shape index (κ2) is 8.25. The zero-order chi connectivity index (χ0) is 24.4. The van der Waals surface area contributed by atoms with Gasteiger partial charge in [-0.1, -0.05) is 75.5 Å². The average molecular weight is 458 g/mol. The van der Waals surface area contributed by atoms with Gasteiger partial charge in [0.1, 0.15) is 6.54 Å². The summed E-state index contributed by atoms with van der Waals surface area (Å²) in [6.45, 7) is 9.99. The van der Waals surface area contributed by atoms with Crippen LogP contribution in [0, 0.1) is 27.7 Å². The summed E-state index contributed by atoms with van der Waals surface area (Å²) in [7, 11) is 4.57. The van der Waals surface area contributed by atoms with Gasteiger partial charge in [0.05, 0.1) is 5.69 Å². The number of rotatable bonds is 2. The van der Waals surface area contributed by atoms with Gasteiger partial charge in [0.2, 0.25) is 5.60 Å². The molecule has 3 aliphatic heterocycles. The van der Waals surface area contributed by atoms with Crippen LogP contribution in [0.2, 0.25) is 0 Å². The van der Waals surface area contributed by atoms with Crippen LogP contribution in [0.3, 0.4) is 0 Å². The van der Waals surface area contributed by atoms with E-state index in [0.717, 1.165) is 12.2 Å². The number of benzene rings is 3. The fourth-order valence-electron chi connectivity index (χ4n) is 6.59. The van der Waals surface area contributed by atoms with Gasteiger partial charge in [0.25, 0.3) is 5.69 Å². The lowest BCUT2D eigenvalue weighted by Gasteiger charge is -2.53. The predicted molar refractivity (Wildman–Crippen MR) is 148 cm³/mol. The Kier molecular flexibility index (Phi) is 5.27. The first kappa shape index (κ1) is 22.4. The Morgan fingerprint density at radius 1 is 0.686 bits per heavy atom. The molecule has 0 radical (unpaired) electrons. The standard InChI is InChI=1S/C27H31B3N5/c1-19-11-9-12-20(2)26(19)29-32(5)28-25-17-18-31-34(25)23-15-7-8-16-24(23)35(28)30(33(29)6)27-21(3)13-10-14-22(27)4/h7-17H,18H2,1-6H3/q+1. The number of anilines is 1. The molecule has 3 aliphatic rings. The molecule has 1 saturated heterocycles. The monoisotopic (exact) mass is 458 g/mol. The first-order valence-electron chi connectivity index (χ1n) is 12.5. The molecule has 0 amide bonds. The third-order valence-electron chi connectivity index (χ3n) is 8.09. The summed E-state index contributed by atoms with van der Waals surface area (Å²) in [4.78, 5) is 0. The molecule has 6 rings (SSSR count). The van der Waals surface area contributed by atoms with Crippen molar-refractivity contribution in [2.45, 2.75) is 27.7 Å². The first-order valence-corrected chi connectivity index (χ1v) is 12.5. The molecule has 8 heteroatoms. The van der Waals surface area contributed by atoms with Crippen LogP contribution in [0.1, 0.15) is 22.3 Å². The SMILES string of the molecule is Cc1cccc(C)c1B1N(C)B2C3=CCN=[N+]3c3ccccc3N2B(c2c(C)cccc2C)N1C. The zero-order valence-electron chi connectivity index (χ0n) is 21.5. The molecule has 5 nitrogen and oxygen atoms in total. The van der Waals surface area contributed by atoms with E-state index in [-0.39, 0.29) is 20.9 Å². The van der Waals surface area contributed by atoms with Gasteiger partial charge in [-0.2, -0.15) is 0 Å². The van der Waals surface area contributed by atoms with Crippen molar-refractivity contribution in [1.82, 2.24) is 9.44 Å². The number of para-hydroxylation sites is 2. The Labute approximate surface area is 210 Å². The van der Waals surface area contributed by atoms with E-state index in [2.05, 4.69) is 127 Å². The van der Waals surface area contributed by atoms with Gasteiger partial charge < -0.3 is 14.2 Å². The second-order valence-corrected chi connectivity index (χ2v) is 10.2. The molecule has 0 aromatic heterocycles. The van der Waals surface area contributed by atoms with Crippen LogP contribution in [0.5, 0.6) is 0 Å². The largest absolute Gasteiger partial charge is 0.439 e. The van der Waals surface area contributed by atoms with Crippen molar-refractivity contribution < 1.29 is 4.70 Å². The van der Waals surface area contributed by atoms with Crippen molar-refractivity contribution in [2.24, 2.45) is 5.11 Å². The summed E-state index contributed by atoms with van der Waals surface area (Å²) in [6.07, 6.45) is 2.30. The topological polar surface area (TPSA) is 25.1 Å². The van der Waals surface area contributed by atoms with Crippen molar-refractivity contribution in [3.05, 3.63) is 94.6 Å². The molecule has 3 aromatic rings. The van der Waals surface area contributed by atoms with Crippen LogP contribution >= 0.6 is 0 Å². The molecule has 0 N–H and O–H groups in total. The third kappa shape index (κ3) is 3.20. The minimum Gasteiger partial charge on any atom is -0.416 e. The van der Waals surface area contributed by atoms with Crippen LogP contribution in [-0.2, 0) is 0 Å². The van der Waals surface area contributed by atoms with Gasteiger partial charge in [-0.05, 0) is 63.9 Å². The van der Waals surface area contributed by atoms with E-state index in [1.807, 2.05) is 0 Å². The highest BCUT2D eigenvalue weighted by Gasteiger charge is 2.61. The summed E-state index contributed by atoms with van der Waals surface area (Å²) in [5.74, 6) is 0. The fraction of sp³-hybridized carbons (Fsp3) is 0.259. The van der Waals surface area contributed by atoms with Crippen LogP contribution in [0.15, 0.2) is 77.5 Å². The van der Waals surface area contributed by atoms with Crippen LogP contribution < -0.4 is 15.6 Å². The lowest BCUT2D eigenvalue weighted by molar-refractivity contribution is -0.445. The van der Waals surface area contributed by atoms with Gasteiger partial charge in [0, 0.05) is 12.1 Å². The summed E-state index contributed by atoms with van der Waals surface area (Å²) >= 11 is 0. The summed E-state index contributed by atoms with van der Waals surface area (Å²) in [5, 5.41) is 4.88. The number of hydrogen-bond donors (Lipinski definition) is 0. The lowest BCUT2D eigenvalue weighted by atomic mass is 9.37. The van der Waals surface area contributed by atoms with E-state index in [0.29, 0.717) is 0 Å². The number of nitrogens with zero attached hydrogens (tertiary/aromatic N) is 5. The molecule has 0 aliphatic carbocycles. The number of hydrogen-bond acceptors (Lipinski definition) is 4.